The van der Waals surface area contributed by atoms with E-state index in [1.54, 1.807) is 0 Å². The second kappa shape index (κ2) is 7.46. The topological polar surface area (TPSA) is 57.7 Å². The first-order valence-corrected chi connectivity index (χ1v) is 11.0. The predicted molar refractivity (Wildman–Crippen MR) is 99.1 cm³/mol. The molecule has 0 aliphatic carbocycles. The second-order valence-corrected chi connectivity index (χ2v) is 9.83. The van der Waals surface area contributed by atoms with Gasteiger partial charge in [0.15, 0.2) is 9.84 Å². The molecule has 3 rings (SSSR count). The Bertz CT molecular complexity index is 705. The largest absolute Gasteiger partial charge is 0.340 e. The summed E-state index contributed by atoms with van der Waals surface area (Å²) >= 11 is 0. The van der Waals surface area contributed by atoms with E-state index >= 15 is 0 Å². The van der Waals surface area contributed by atoms with Crippen molar-refractivity contribution < 1.29 is 13.2 Å². The van der Waals surface area contributed by atoms with Crippen LogP contribution in [-0.2, 0) is 21.2 Å². The molecule has 138 valence electrons. The number of hydrogen-bond acceptors (Lipinski definition) is 4. The maximum atomic E-state index is 12.5. The van der Waals surface area contributed by atoms with E-state index < -0.39 is 9.84 Å². The van der Waals surface area contributed by atoms with Crippen LogP contribution in [0.25, 0.3) is 0 Å². The molecular formula is C19H28N2O3S. The summed E-state index contributed by atoms with van der Waals surface area (Å²) in [6.45, 7) is 8.37. The van der Waals surface area contributed by atoms with Crippen molar-refractivity contribution >= 4 is 15.7 Å². The van der Waals surface area contributed by atoms with Crippen LogP contribution in [0, 0.1) is 5.92 Å². The van der Waals surface area contributed by atoms with Gasteiger partial charge in [-0.1, -0.05) is 38.1 Å². The smallest absolute Gasteiger partial charge is 0.226 e. The van der Waals surface area contributed by atoms with E-state index in [-0.39, 0.29) is 23.3 Å². The van der Waals surface area contributed by atoms with Gasteiger partial charge < -0.3 is 4.90 Å². The quantitative estimate of drug-likeness (QED) is 0.819. The number of carbonyl (C=O) groups excluding carboxylic acids is 1. The third kappa shape index (κ3) is 4.61. The molecule has 1 atom stereocenters. The zero-order valence-electron chi connectivity index (χ0n) is 15.1. The molecule has 5 nitrogen and oxygen atoms in total. The van der Waals surface area contributed by atoms with Crippen molar-refractivity contribution in [3.8, 4) is 0 Å². The lowest BCUT2D eigenvalue weighted by Crippen LogP contribution is -2.50. The number of benzene rings is 1. The lowest BCUT2D eigenvalue weighted by molar-refractivity contribution is -0.136. The standard InChI is InChI=1S/C19H28N2O3S/c1-15(2)17-5-3-16(4-6-17)13-20-8-10-21(11-9-20)19(22)18-7-12-25(23,24)14-18/h3-6,15,18H,7-14H2,1-2H3. The van der Waals surface area contributed by atoms with E-state index in [0.29, 0.717) is 25.4 Å². The molecule has 1 aromatic rings. The minimum Gasteiger partial charge on any atom is -0.340 e. The highest BCUT2D eigenvalue weighted by Gasteiger charge is 2.36. The van der Waals surface area contributed by atoms with Gasteiger partial charge in [0.05, 0.1) is 17.4 Å². The van der Waals surface area contributed by atoms with Crippen LogP contribution in [-0.4, -0.2) is 61.8 Å². The molecule has 2 aliphatic rings. The fraction of sp³-hybridized carbons (Fsp3) is 0.632. The third-order valence-corrected chi connectivity index (χ3v) is 7.09. The molecule has 1 unspecified atom stereocenters. The fourth-order valence-corrected chi connectivity index (χ4v) is 5.37. The number of nitrogens with zero attached hydrogens (tertiary/aromatic N) is 2. The van der Waals surface area contributed by atoms with Crippen LogP contribution in [0.4, 0.5) is 0 Å². The summed E-state index contributed by atoms with van der Waals surface area (Å²) in [4.78, 5) is 16.7. The van der Waals surface area contributed by atoms with Gasteiger partial charge in [-0.25, -0.2) is 8.42 Å². The van der Waals surface area contributed by atoms with Crippen LogP contribution in [0.5, 0.6) is 0 Å². The average Bonchev–Trinajstić information content (AvgIpc) is 2.95. The zero-order chi connectivity index (χ0) is 18.0. The SMILES string of the molecule is CC(C)c1ccc(CN2CCN(C(=O)C3CCS(=O)(=O)C3)CC2)cc1. The molecule has 2 aliphatic heterocycles. The van der Waals surface area contributed by atoms with Crippen molar-refractivity contribution in [2.45, 2.75) is 32.7 Å². The monoisotopic (exact) mass is 364 g/mol. The van der Waals surface area contributed by atoms with Crippen molar-refractivity contribution in [1.29, 1.82) is 0 Å². The fourth-order valence-electron chi connectivity index (χ4n) is 3.64. The molecule has 25 heavy (non-hydrogen) atoms. The van der Waals surface area contributed by atoms with Gasteiger partial charge in [-0.05, 0) is 23.5 Å². The summed E-state index contributed by atoms with van der Waals surface area (Å²) in [6, 6.07) is 8.77. The van der Waals surface area contributed by atoms with Crippen LogP contribution < -0.4 is 0 Å². The van der Waals surface area contributed by atoms with E-state index in [4.69, 9.17) is 0 Å². The Kier molecular flexibility index (Phi) is 5.49. The van der Waals surface area contributed by atoms with Crippen LogP contribution in [0.3, 0.4) is 0 Å². The highest BCUT2D eigenvalue weighted by Crippen LogP contribution is 2.22. The van der Waals surface area contributed by atoms with Gasteiger partial charge in [0.1, 0.15) is 0 Å². The van der Waals surface area contributed by atoms with E-state index in [1.807, 2.05) is 4.90 Å². The molecule has 1 aromatic carbocycles. The van der Waals surface area contributed by atoms with Crippen molar-refractivity contribution in [3.63, 3.8) is 0 Å². The van der Waals surface area contributed by atoms with E-state index in [9.17, 15) is 13.2 Å². The Labute approximate surface area is 150 Å². The highest BCUT2D eigenvalue weighted by atomic mass is 32.2. The molecule has 0 N–H and O–H groups in total. The van der Waals surface area contributed by atoms with Gasteiger partial charge in [-0.15, -0.1) is 0 Å². The van der Waals surface area contributed by atoms with Gasteiger partial charge in [0.25, 0.3) is 0 Å². The van der Waals surface area contributed by atoms with Crippen molar-refractivity contribution in [2.24, 2.45) is 5.92 Å². The minimum atomic E-state index is -3.00. The number of piperazine rings is 1. The Morgan fingerprint density at radius 2 is 1.76 bits per heavy atom. The summed E-state index contributed by atoms with van der Waals surface area (Å²) in [5, 5.41) is 0. The lowest BCUT2D eigenvalue weighted by atomic mass is 10.0. The molecule has 2 heterocycles. The van der Waals surface area contributed by atoms with Gasteiger partial charge in [0, 0.05) is 32.7 Å². The number of rotatable bonds is 4. The third-order valence-electron chi connectivity index (χ3n) is 5.32. The van der Waals surface area contributed by atoms with E-state index in [2.05, 4.69) is 43.0 Å². The number of hydrogen-bond donors (Lipinski definition) is 0. The van der Waals surface area contributed by atoms with Crippen LogP contribution in [0.2, 0.25) is 0 Å². The first kappa shape index (κ1) is 18.4. The van der Waals surface area contributed by atoms with Gasteiger partial charge in [0.2, 0.25) is 5.91 Å². The summed E-state index contributed by atoms with van der Waals surface area (Å²) in [5.74, 6) is 0.453. The molecule has 1 amide bonds. The molecule has 0 radical (unpaired) electrons. The molecule has 2 saturated heterocycles. The lowest BCUT2D eigenvalue weighted by Gasteiger charge is -2.35. The first-order chi connectivity index (χ1) is 11.8. The predicted octanol–water partition coefficient (Wildman–Crippen LogP) is 1.89. The van der Waals surface area contributed by atoms with Gasteiger partial charge in [-0.2, -0.15) is 0 Å². The molecule has 2 fully saturated rings. The maximum absolute atomic E-state index is 12.5. The Hall–Kier alpha value is -1.40. The minimum absolute atomic E-state index is 0.0296. The van der Waals surface area contributed by atoms with Crippen molar-refractivity contribution in [1.82, 2.24) is 9.80 Å². The average molecular weight is 365 g/mol. The molecule has 0 spiro atoms. The van der Waals surface area contributed by atoms with E-state index in [1.165, 1.54) is 11.1 Å². The zero-order valence-corrected chi connectivity index (χ0v) is 16.0. The van der Waals surface area contributed by atoms with Gasteiger partial charge in [-0.3, -0.25) is 9.69 Å². The second-order valence-electron chi connectivity index (χ2n) is 7.60. The normalized spacial score (nSPS) is 24.0. The molecule has 0 saturated carbocycles. The molecular weight excluding hydrogens is 336 g/mol. The summed E-state index contributed by atoms with van der Waals surface area (Å²) < 4.78 is 23.1. The van der Waals surface area contributed by atoms with E-state index in [0.717, 1.165) is 19.6 Å². The summed E-state index contributed by atoms with van der Waals surface area (Å²) in [7, 11) is -3.00. The summed E-state index contributed by atoms with van der Waals surface area (Å²) in [5.41, 5.74) is 2.65. The Balaban J connectivity index is 1.49. The summed E-state index contributed by atoms with van der Waals surface area (Å²) in [6.07, 6.45) is 0.490. The molecule has 0 aromatic heterocycles. The Morgan fingerprint density at radius 3 is 2.28 bits per heavy atom. The Morgan fingerprint density at radius 1 is 1.12 bits per heavy atom. The maximum Gasteiger partial charge on any atom is 0.226 e. The number of sulfone groups is 1. The first-order valence-electron chi connectivity index (χ1n) is 9.14. The number of carbonyl (C=O) groups is 1. The highest BCUT2D eigenvalue weighted by molar-refractivity contribution is 7.91. The van der Waals surface area contributed by atoms with Crippen LogP contribution in [0.1, 0.15) is 37.3 Å². The van der Waals surface area contributed by atoms with Crippen LogP contribution in [0.15, 0.2) is 24.3 Å². The number of amides is 1. The molecule has 6 heteroatoms. The van der Waals surface area contributed by atoms with Gasteiger partial charge >= 0.3 is 0 Å². The van der Waals surface area contributed by atoms with Crippen LogP contribution >= 0.6 is 0 Å². The van der Waals surface area contributed by atoms with Crippen molar-refractivity contribution in [2.75, 3.05) is 37.7 Å². The molecule has 0 bridgehead atoms. The van der Waals surface area contributed by atoms with Crippen molar-refractivity contribution in [3.05, 3.63) is 35.4 Å².